The molecule has 178 valence electrons. The van der Waals surface area contributed by atoms with Crippen molar-refractivity contribution in [3.8, 4) is 11.1 Å². The number of unbranched alkanes of at least 4 members (excludes halogenated alkanes) is 3. The van der Waals surface area contributed by atoms with E-state index in [-0.39, 0.29) is 12.0 Å². The summed E-state index contributed by atoms with van der Waals surface area (Å²) in [7, 11) is 0. The van der Waals surface area contributed by atoms with Gasteiger partial charge in [0.1, 0.15) is 11.6 Å². The van der Waals surface area contributed by atoms with Crippen molar-refractivity contribution in [3.63, 3.8) is 0 Å². The maximum Gasteiger partial charge on any atom is 0.168 e. The Hall–Kier alpha value is -2.03. The Labute approximate surface area is 198 Å². The van der Waals surface area contributed by atoms with Gasteiger partial charge in [-0.25, -0.2) is 8.78 Å². The van der Waals surface area contributed by atoms with Crippen LogP contribution in [0.1, 0.15) is 113 Å². The molecule has 5 rings (SSSR count). The van der Waals surface area contributed by atoms with Crippen molar-refractivity contribution in [3.05, 3.63) is 59.2 Å². The lowest BCUT2D eigenvalue weighted by atomic mass is 9.69. The number of carbonyl (C=O) groups excluding carboxylic acids is 1. The third-order valence-electron chi connectivity index (χ3n) is 8.65. The number of ketones is 1. The van der Waals surface area contributed by atoms with Crippen molar-refractivity contribution in [1.82, 2.24) is 0 Å². The molecule has 0 aliphatic heterocycles. The summed E-state index contributed by atoms with van der Waals surface area (Å²) in [6, 6.07) is 10.9. The van der Waals surface area contributed by atoms with Crippen LogP contribution in [0.2, 0.25) is 0 Å². The Kier molecular flexibility index (Phi) is 7.66. The van der Waals surface area contributed by atoms with E-state index >= 15 is 0 Å². The van der Waals surface area contributed by atoms with E-state index in [1.807, 2.05) is 12.1 Å². The molecule has 0 N–H and O–H groups in total. The van der Waals surface area contributed by atoms with Crippen molar-refractivity contribution >= 4 is 5.78 Å². The molecule has 1 unspecified atom stereocenters. The monoisotopic (exact) mass is 452 g/mol. The first kappa shape index (κ1) is 24.1. The molecule has 3 fully saturated rings. The minimum atomic E-state index is -0.750. The highest BCUT2D eigenvalue weighted by atomic mass is 19.1. The highest BCUT2D eigenvalue weighted by Gasteiger charge is 2.40. The van der Waals surface area contributed by atoms with Crippen LogP contribution in [0.5, 0.6) is 0 Å². The molecule has 3 saturated carbocycles. The van der Waals surface area contributed by atoms with Gasteiger partial charge in [-0.15, -0.1) is 0 Å². The molecule has 2 aromatic rings. The largest absolute Gasteiger partial charge is 0.294 e. The predicted octanol–water partition coefficient (Wildman–Crippen LogP) is 9.25. The summed E-state index contributed by atoms with van der Waals surface area (Å²) >= 11 is 0. The molecule has 0 spiro atoms. The standard InChI is InChI=1S/C30H38F2O/c1-3-5-6-7-8-28(33)29-26(31)19-24(20-27(29)32)21-9-11-22(12-10-21)25-15-18-30(4-2)16-13-23(25)14-17-30/h9-12,19-20,23,25H,3-8,13-18H2,1-2H3. The second-order valence-corrected chi connectivity index (χ2v) is 10.5. The Morgan fingerprint density at radius 3 is 2.12 bits per heavy atom. The smallest absolute Gasteiger partial charge is 0.168 e. The molecule has 2 aromatic carbocycles. The average Bonchev–Trinajstić information content (AvgIpc) is 3.12. The first-order valence-electron chi connectivity index (χ1n) is 13.1. The molecule has 0 amide bonds. The van der Waals surface area contributed by atoms with Gasteiger partial charge < -0.3 is 0 Å². The summed E-state index contributed by atoms with van der Waals surface area (Å²) in [6.07, 6.45) is 13.1. The summed E-state index contributed by atoms with van der Waals surface area (Å²) in [5, 5.41) is 0. The first-order valence-corrected chi connectivity index (χ1v) is 13.1. The van der Waals surface area contributed by atoms with Crippen molar-refractivity contribution < 1.29 is 13.6 Å². The van der Waals surface area contributed by atoms with E-state index in [4.69, 9.17) is 0 Å². The van der Waals surface area contributed by atoms with Crippen LogP contribution < -0.4 is 0 Å². The van der Waals surface area contributed by atoms with Gasteiger partial charge in [0.2, 0.25) is 0 Å². The van der Waals surface area contributed by atoms with Gasteiger partial charge in [-0.2, -0.15) is 0 Å². The molecule has 3 heteroatoms. The van der Waals surface area contributed by atoms with Crippen molar-refractivity contribution in [1.29, 1.82) is 0 Å². The Morgan fingerprint density at radius 1 is 0.879 bits per heavy atom. The molecule has 33 heavy (non-hydrogen) atoms. The quantitative estimate of drug-likeness (QED) is 0.274. The topological polar surface area (TPSA) is 17.1 Å². The van der Waals surface area contributed by atoms with Crippen LogP contribution in [0.3, 0.4) is 0 Å². The number of benzene rings is 2. The second-order valence-electron chi connectivity index (χ2n) is 10.5. The van der Waals surface area contributed by atoms with Crippen LogP contribution in [-0.4, -0.2) is 5.78 Å². The van der Waals surface area contributed by atoms with E-state index in [0.29, 0.717) is 23.3 Å². The molecular formula is C30H38F2O. The summed E-state index contributed by atoms with van der Waals surface area (Å²) in [5.74, 6) is -0.580. The van der Waals surface area contributed by atoms with Gasteiger partial charge in [0, 0.05) is 6.42 Å². The lowest BCUT2D eigenvalue weighted by Crippen LogP contribution is -2.23. The minimum Gasteiger partial charge on any atom is -0.294 e. The second kappa shape index (κ2) is 10.5. The molecule has 2 bridgehead atoms. The zero-order chi connectivity index (χ0) is 23.4. The lowest BCUT2D eigenvalue weighted by molar-refractivity contribution is 0.0971. The zero-order valence-electron chi connectivity index (χ0n) is 20.3. The molecule has 3 aliphatic rings. The zero-order valence-corrected chi connectivity index (χ0v) is 20.3. The summed E-state index contributed by atoms with van der Waals surface area (Å²) in [6.45, 7) is 4.44. The number of halogens is 2. The lowest BCUT2D eigenvalue weighted by Gasteiger charge is -2.36. The van der Waals surface area contributed by atoms with Crippen LogP contribution in [-0.2, 0) is 0 Å². The van der Waals surface area contributed by atoms with Gasteiger partial charge in [-0.05, 0) is 91.0 Å². The molecule has 3 aliphatic carbocycles. The molecule has 0 radical (unpaired) electrons. The van der Waals surface area contributed by atoms with Gasteiger partial charge in [0.25, 0.3) is 0 Å². The maximum absolute atomic E-state index is 14.7. The van der Waals surface area contributed by atoms with E-state index < -0.39 is 17.4 Å². The van der Waals surface area contributed by atoms with Gasteiger partial charge >= 0.3 is 0 Å². The van der Waals surface area contributed by atoms with Crippen LogP contribution in [0.15, 0.2) is 36.4 Å². The van der Waals surface area contributed by atoms with Gasteiger partial charge in [0.15, 0.2) is 5.78 Å². The average molecular weight is 453 g/mol. The van der Waals surface area contributed by atoms with Crippen LogP contribution in [0.4, 0.5) is 8.78 Å². The number of carbonyl (C=O) groups is 1. The summed E-state index contributed by atoms with van der Waals surface area (Å²) in [5.41, 5.74) is 2.82. The van der Waals surface area contributed by atoms with E-state index in [1.54, 1.807) is 0 Å². The van der Waals surface area contributed by atoms with Crippen LogP contribution >= 0.6 is 0 Å². The summed E-state index contributed by atoms with van der Waals surface area (Å²) in [4.78, 5) is 12.4. The van der Waals surface area contributed by atoms with E-state index in [9.17, 15) is 13.6 Å². The third-order valence-corrected chi connectivity index (χ3v) is 8.65. The molecule has 0 saturated heterocycles. The predicted molar refractivity (Wildman–Crippen MR) is 132 cm³/mol. The Bertz CT molecular complexity index is 931. The number of hydrogen-bond donors (Lipinski definition) is 0. The maximum atomic E-state index is 14.7. The molecule has 1 atom stereocenters. The normalized spacial score (nSPS) is 24.6. The number of Topliss-reactive ketones (excluding diaryl/α,β-unsaturated/α-hetero) is 1. The molecular weight excluding hydrogens is 414 g/mol. The highest BCUT2D eigenvalue weighted by molar-refractivity contribution is 5.97. The van der Waals surface area contributed by atoms with Crippen molar-refractivity contribution in [2.75, 3.05) is 0 Å². The number of hydrogen-bond acceptors (Lipinski definition) is 1. The fraction of sp³-hybridized carbons (Fsp3) is 0.567. The van der Waals surface area contributed by atoms with E-state index in [2.05, 4.69) is 26.0 Å². The van der Waals surface area contributed by atoms with Gasteiger partial charge in [0.05, 0.1) is 5.56 Å². The highest BCUT2D eigenvalue weighted by Crippen LogP contribution is 2.54. The number of rotatable bonds is 9. The fourth-order valence-corrected chi connectivity index (χ4v) is 6.34. The van der Waals surface area contributed by atoms with Crippen LogP contribution in [0, 0.1) is 23.0 Å². The number of fused-ring (bicyclic) bond motifs is 4. The fourth-order valence-electron chi connectivity index (χ4n) is 6.34. The van der Waals surface area contributed by atoms with Gasteiger partial charge in [-0.1, -0.05) is 63.8 Å². The first-order chi connectivity index (χ1) is 16.0. The molecule has 0 heterocycles. The Morgan fingerprint density at radius 2 is 1.52 bits per heavy atom. The molecule has 0 aromatic heterocycles. The van der Waals surface area contributed by atoms with Crippen molar-refractivity contribution in [2.45, 2.75) is 96.8 Å². The third kappa shape index (κ3) is 5.23. The Balaban J connectivity index is 1.48. The van der Waals surface area contributed by atoms with E-state index in [1.165, 1.54) is 62.6 Å². The van der Waals surface area contributed by atoms with E-state index in [0.717, 1.165) is 30.7 Å². The van der Waals surface area contributed by atoms with Crippen LogP contribution in [0.25, 0.3) is 11.1 Å². The SMILES string of the molecule is CCCCCCC(=O)c1c(F)cc(-c2ccc(C3CCC4(CC)CCC3CC4)cc2)cc1F. The van der Waals surface area contributed by atoms with Crippen molar-refractivity contribution in [2.24, 2.45) is 11.3 Å². The molecule has 1 nitrogen and oxygen atoms in total. The summed E-state index contributed by atoms with van der Waals surface area (Å²) < 4.78 is 29.5. The minimum absolute atomic E-state index is 0.198. The van der Waals surface area contributed by atoms with Gasteiger partial charge in [-0.3, -0.25) is 4.79 Å².